The monoisotopic (exact) mass is 465 g/mol. The van der Waals surface area contributed by atoms with Gasteiger partial charge < -0.3 is 10.1 Å². The highest BCUT2D eigenvalue weighted by Gasteiger charge is 2.18. The van der Waals surface area contributed by atoms with E-state index in [9.17, 15) is 9.59 Å². The average molecular weight is 466 g/mol. The first-order chi connectivity index (χ1) is 15.6. The quantitative estimate of drug-likeness (QED) is 0.239. The lowest BCUT2D eigenvalue weighted by molar-refractivity contribution is -0.118. The van der Waals surface area contributed by atoms with Gasteiger partial charge in [0.1, 0.15) is 4.83 Å². The summed E-state index contributed by atoms with van der Waals surface area (Å²) < 4.78 is 6.59. The molecule has 4 aromatic rings. The highest BCUT2D eigenvalue weighted by atomic mass is 32.2. The molecule has 0 aliphatic rings. The van der Waals surface area contributed by atoms with Crippen LogP contribution in [0.3, 0.4) is 0 Å². The minimum absolute atomic E-state index is 0.131. The lowest BCUT2D eigenvalue weighted by Gasteiger charge is -2.14. The fourth-order valence-electron chi connectivity index (χ4n) is 3.30. The summed E-state index contributed by atoms with van der Waals surface area (Å²) in [6.07, 6.45) is 0. The van der Waals surface area contributed by atoms with E-state index in [0.29, 0.717) is 28.5 Å². The molecule has 164 valence electrons. The van der Waals surface area contributed by atoms with Crippen LogP contribution in [0.25, 0.3) is 26.3 Å². The van der Waals surface area contributed by atoms with Gasteiger partial charge in [0.15, 0.2) is 5.16 Å². The molecule has 0 atom stereocenters. The van der Waals surface area contributed by atoms with Gasteiger partial charge in [-0.2, -0.15) is 0 Å². The molecule has 0 bridgehead atoms. The summed E-state index contributed by atoms with van der Waals surface area (Å²) >= 11 is 2.74. The number of hydrogen-bond acceptors (Lipinski definition) is 6. The van der Waals surface area contributed by atoms with Gasteiger partial charge >= 0.3 is 0 Å². The lowest BCUT2D eigenvalue weighted by Crippen LogP contribution is -2.29. The smallest absolute Gasteiger partial charge is 0.267 e. The highest BCUT2D eigenvalue weighted by molar-refractivity contribution is 7.99. The first-order valence-corrected chi connectivity index (χ1v) is 11.9. The molecule has 2 aromatic heterocycles. The van der Waals surface area contributed by atoms with Crippen molar-refractivity contribution in [1.82, 2.24) is 14.9 Å². The van der Waals surface area contributed by atoms with Crippen LogP contribution in [0.4, 0.5) is 0 Å². The Bertz CT molecular complexity index is 1300. The van der Waals surface area contributed by atoms with E-state index in [1.807, 2.05) is 67.6 Å². The molecule has 2 aromatic carbocycles. The van der Waals surface area contributed by atoms with Crippen LogP contribution >= 0.6 is 23.1 Å². The SMILES string of the molecule is COCCNC(=O)CSc1nc2sc(-c3ccccc3)cc2c(=O)n1-c1ccccc1C. The second-order valence-electron chi connectivity index (χ2n) is 7.15. The number of rotatable bonds is 8. The number of nitrogens with one attached hydrogen (secondary N) is 1. The molecule has 0 aliphatic heterocycles. The molecule has 0 radical (unpaired) electrons. The van der Waals surface area contributed by atoms with Gasteiger partial charge in [0.05, 0.1) is 23.4 Å². The largest absolute Gasteiger partial charge is 0.383 e. The number of amides is 1. The lowest BCUT2D eigenvalue weighted by atomic mass is 10.2. The van der Waals surface area contributed by atoms with E-state index >= 15 is 0 Å². The Balaban J connectivity index is 1.78. The first-order valence-electron chi connectivity index (χ1n) is 10.1. The van der Waals surface area contributed by atoms with Crippen molar-refractivity contribution in [2.24, 2.45) is 0 Å². The number of aromatic nitrogens is 2. The molecule has 32 heavy (non-hydrogen) atoms. The van der Waals surface area contributed by atoms with Gasteiger partial charge in [0.2, 0.25) is 5.91 Å². The van der Waals surface area contributed by atoms with Gasteiger partial charge in [-0.15, -0.1) is 11.3 Å². The number of hydrogen-bond donors (Lipinski definition) is 1. The third-order valence-corrected chi connectivity index (χ3v) is 6.93. The van der Waals surface area contributed by atoms with Gasteiger partial charge in [-0.1, -0.05) is 60.3 Å². The molecule has 6 nitrogen and oxygen atoms in total. The van der Waals surface area contributed by atoms with Crippen molar-refractivity contribution in [3.05, 3.63) is 76.6 Å². The molecular formula is C24H23N3O3S2. The second kappa shape index (κ2) is 10.1. The first kappa shape index (κ1) is 22.3. The zero-order valence-electron chi connectivity index (χ0n) is 17.8. The van der Waals surface area contributed by atoms with Crippen molar-refractivity contribution in [3.63, 3.8) is 0 Å². The molecular weight excluding hydrogens is 442 g/mol. The van der Waals surface area contributed by atoms with E-state index in [1.165, 1.54) is 23.1 Å². The normalized spacial score (nSPS) is 11.1. The summed E-state index contributed by atoms with van der Waals surface area (Å²) in [4.78, 5) is 32.3. The highest BCUT2D eigenvalue weighted by Crippen LogP contribution is 2.33. The molecule has 0 unspecified atom stereocenters. The summed E-state index contributed by atoms with van der Waals surface area (Å²) in [6, 6.07) is 19.5. The number of methoxy groups -OCH3 is 1. The standard InChI is InChI=1S/C24H23N3O3S2/c1-16-8-6-7-11-19(16)27-23(29)18-14-20(17-9-4-3-5-10-17)32-22(18)26-24(27)31-15-21(28)25-12-13-30-2/h3-11,14H,12-13,15H2,1-2H3,(H,25,28). The third-order valence-electron chi connectivity index (χ3n) is 4.91. The molecule has 0 saturated carbocycles. The van der Waals surface area contributed by atoms with Gasteiger partial charge in [-0.05, 0) is 30.2 Å². The summed E-state index contributed by atoms with van der Waals surface area (Å²) in [5.74, 6) is 0.0265. The van der Waals surface area contributed by atoms with Gasteiger partial charge in [0, 0.05) is 18.5 Å². The number of carbonyl (C=O) groups excluding carboxylic acids is 1. The molecule has 1 amide bonds. The van der Waals surface area contributed by atoms with Crippen LogP contribution in [0.2, 0.25) is 0 Å². The molecule has 4 rings (SSSR count). The van der Waals surface area contributed by atoms with E-state index in [-0.39, 0.29) is 17.2 Å². The molecule has 0 aliphatic carbocycles. The van der Waals surface area contributed by atoms with E-state index in [1.54, 1.807) is 11.7 Å². The molecule has 0 saturated heterocycles. The van der Waals surface area contributed by atoms with Gasteiger partial charge in [0.25, 0.3) is 5.56 Å². The number of nitrogens with zero attached hydrogens (tertiary/aromatic N) is 2. The van der Waals surface area contributed by atoms with Crippen molar-refractivity contribution in [2.45, 2.75) is 12.1 Å². The zero-order chi connectivity index (χ0) is 22.5. The van der Waals surface area contributed by atoms with Crippen molar-refractivity contribution >= 4 is 39.2 Å². The van der Waals surface area contributed by atoms with E-state index in [0.717, 1.165) is 21.7 Å². The summed E-state index contributed by atoms with van der Waals surface area (Å²) in [5.41, 5.74) is 2.64. The second-order valence-corrected chi connectivity index (χ2v) is 9.12. The van der Waals surface area contributed by atoms with Crippen LogP contribution in [0.5, 0.6) is 0 Å². The number of para-hydroxylation sites is 1. The maximum atomic E-state index is 13.6. The van der Waals surface area contributed by atoms with Crippen molar-refractivity contribution in [2.75, 3.05) is 26.0 Å². The van der Waals surface area contributed by atoms with Crippen LogP contribution < -0.4 is 10.9 Å². The Labute approximate surface area is 194 Å². The van der Waals surface area contributed by atoms with Crippen LogP contribution in [0, 0.1) is 6.92 Å². The molecule has 8 heteroatoms. The Hall–Kier alpha value is -2.94. The fourth-order valence-corrected chi connectivity index (χ4v) is 5.22. The predicted octanol–water partition coefficient (Wildman–Crippen LogP) is 4.28. The molecule has 2 heterocycles. The minimum atomic E-state index is -0.134. The number of thioether (sulfide) groups is 1. The molecule has 0 fully saturated rings. The van der Waals surface area contributed by atoms with Crippen molar-refractivity contribution in [1.29, 1.82) is 0 Å². The zero-order valence-corrected chi connectivity index (χ0v) is 19.5. The number of fused-ring (bicyclic) bond motifs is 1. The molecule has 0 spiro atoms. The molecule has 1 N–H and O–H groups in total. The topological polar surface area (TPSA) is 73.2 Å². The average Bonchev–Trinajstić information content (AvgIpc) is 3.24. The van der Waals surface area contributed by atoms with Gasteiger partial charge in [-0.25, -0.2) is 4.98 Å². The van der Waals surface area contributed by atoms with Crippen LogP contribution in [-0.4, -0.2) is 41.5 Å². The number of benzene rings is 2. The fraction of sp³-hybridized carbons (Fsp3) is 0.208. The predicted molar refractivity (Wildman–Crippen MR) is 131 cm³/mol. The summed E-state index contributed by atoms with van der Waals surface area (Å²) in [7, 11) is 1.59. The van der Waals surface area contributed by atoms with Gasteiger partial charge in [-0.3, -0.25) is 14.2 Å². The number of carbonyl (C=O) groups is 1. The summed E-state index contributed by atoms with van der Waals surface area (Å²) in [6.45, 7) is 2.85. The van der Waals surface area contributed by atoms with E-state index < -0.39 is 0 Å². The Kier molecular flexibility index (Phi) is 7.04. The number of aryl methyl sites for hydroxylation is 1. The minimum Gasteiger partial charge on any atom is -0.383 e. The Morgan fingerprint density at radius 2 is 1.91 bits per heavy atom. The van der Waals surface area contributed by atoms with Crippen LogP contribution in [0.1, 0.15) is 5.56 Å². The van der Waals surface area contributed by atoms with E-state index in [4.69, 9.17) is 9.72 Å². The van der Waals surface area contributed by atoms with Crippen LogP contribution in [0.15, 0.2) is 70.6 Å². The Morgan fingerprint density at radius 1 is 1.16 bits per heavy atom. The maximum Gasteiger partial charge on any atom is 0.267 e. The number of ether oxygens (including phenoxy) is 1. The third kappa shape index (κ3) is 4.77. The Morgan fingerprint density at radius 3 is 2.66 bits per heavy atom. The van der Waals surface area contributed by atoms with Crippen molar-refractivity contribution < 1.29 is 9.53 Å². The summed E-state index contributed by atoms with van der Waals surface area (Å²) in [5, 5.41) is 3.88. The maximum absolute atomic E-state index is 13.6. The van der Waals surface area contributed by atoms with Crippen molar-refractivity contribution in [3.8, 4) is 16.1 Å². The number of thiophene rings is 1. The van der Waals surface area contributed by atoms with Crippen LogP contribution in [-0.2, 0) is 9.53 Å². The van der Waals surface area contributed by atoms with E-state index in [2.05, 4.69) is 5.32 Å².